The smallest absolute Gasteiger partial charge is 0.130 e. The van der Waals surface area contributed by atoms with Crippen molar-refractivity contribution in [2.75, 3.05) is 0 Å². The number of rotatable bonds is 3. The van der Waals surface area contributed by atoms with Gasteiger partial charge in [0.1, 0.15) is 18.4 Å². The molecule has 0 radical (unpaired) electrons. The van der Waals surface area contributed by atoms with E-state index < -0.39 is 0 Å². The fourth-order valence-corrected chi connectivity index (χ4v) is 2.41. The van der Waals surface area contributed by atoms with E-state index in [-0.39, 0.29) is 0 Å². The molecular weight excluding hydrogens is 248 g/mol. The van der Waals surface area contributed by atoms with Gasteiger partial charge in [0.05, 0.1) is 11.3 Å². The Morgan fingerprint density at radius 1 is 1.05 bits per heavy atom. The van der Waals surface area contributed by atoms with E-state index in [1.165, 1.54) is 0 Å². The summed E-state index contributed by atoms with van der Waals surface area (Å²) in [6.45, 7) is 0.387. The third-order valence-corrected chi connectivity index (χ3v) is 3.46. The minimum absolute atomic E-state index is 0.387. The molecule has 0 amide bonds. The van der Waals surface area contributed by atoms with Crippen molar-refractivity contribution in [3.8, 4) is 11.8 Å². The molecule has 0 fully saturated rings. The van der Waals surface area contributed by atoms with Crippen LogP contribution in [0.1, 0.15) is 11.3 Å². The Morgan fingerprint density at radius 2 is 1.75 bits per heavy atom. The third kappa shape index (κ3) is 2.02. The molecule has 3 aromatic rings. The fraction of sp³-hybridized carbons (Fsp3) is 0.118. The first-order valence-corrected chi connectivity index (χ1v) is 6.45. The molecule has 98 valence electrons. The highest BCUT2D eigenvalue weighted by molar-refractivity contribution is 5.87. The van der Waals surface area contributed by atoms with E-state index >= 15 is 0 Å². The number of aryl methyl sites for hydroxylation is 1. The van der Waals surface area contributed by atoms with Crippen LogP contribution in [-0.4, -0.2) is 4.57 Å². The van der Waals surface area contributed by atoms with Gasteiger partial charge in [0.2, 0.25) is 0 Å². The van der Waals surface area contributed by atoms with Crippen molar-refractivity contribution in [1.82, 2.24) is 4.57 Å². The standard InChI is InChI=1S/C17H14N2O/c1-19-16-10-6-5-9-14(16)15(11-18)17(19)12-20-13-7-3-2-4-8-13/h2-10H,12H2,1H3. The summed E-state index contributed by atoms with van der Waals surface area (Å²) in [6, 6.07) is 19.8. The average Bonchev–Trinajstić information content (AvgIpc) is 2.78. The van der Waals surface area contributed by atoms with Gasteiger partial charge in [-0.3, -0.25) is 0 Å². The van der Waals surface area contributed by atoms with Crippen LogP contribution in [0.15, 0.2) is 54.6 Å². The zero-order valence-corrected chi connectivity index (χ0v) is 11.2. The van der Waals surface area contributed by atoms with Gasteiger partial charge in [0.15, 0.2) is 0 Å². The first kappa shape index (κ1) is 12.3. The Labute approximate surface area is 117 Å². The van der Waals surface area contributed by atoms with E-state index in [0.29, 0.717) is 12.2 Å². The summed E-state index contributed by atoms with van der Waals surface area (Å²) in [7, 11) is 1.97. The van der Waals surface area contributed by atoms with Crippen LogP contribution in [0.25, 0.3) is 10.9 Å². The van der Waals surface area contributed by atoms with Crippen LogP contribution >= 0.6 is 0 Å². The molecule has 0 atom stereocenters. The van der Waals surface area contributed by atoms with Gasteiger partial charge in [-0.1, -0.05) is 36.4 Å². The molecule has 0 aliphatic heterocycles. The Balaban J connectivity index is 1.99. The van der Waals surface area contributed by atoms with E-state index in [9.17, 15) is 5.26 Å². The topological polar surface area (TPSA) is 38.0 Å². The fourth-order valence-electron chi connectivity index (χ4n) is 2.41. The molecule has 20 heavy (non-hydrogen) atoms. The molecule has 0 spiro atoms. The van der Waals surface area contributed by atoms with Crippen LogP contribution < -0.4 is 4.74 Å². The molecule has 1 aromatic heterocycles. The summed E-state index contributed by atoms with van der Waals surface area (Å²) in [5.41, 5.74) is 2.65. The predicted octanol–water partition coefficient (Wildman–Crippen LogP) is 3.63. The van der Waals surface area contributed by atoms with Crippen LogP contribution in [0.2, 0.25) is 0 Å². The molecule has 0 aliphatic rings. The number of benzene rings is 2. The van der Waals surface area contributed by atoms with Crippen molar-refractivity contribution in [1.29, 1.82) is 5.26 Å². The van der Waals surface area contributed by atoms with Crippen LogP contribution in [0, 0.1) is 11.3 Å². The lowest BCUT2D eigenvalue weighted by Gasteiger charge is -2.08. The summed E-state index contributed by atoms with van der Waals surface area (Å²) in [6.07, 6.45) is 0. The molecule has 3 heteroatoms. The molecule has 0 saturated carbocycles. The van der Waals surface area contributed by atoms with Gasteiger partial charge >= 0.3 is 0 Å². The van der Waals surface area contributed by atoms with Gasteiger partial charge in [0, 0.05) is 18.0 Å². The summed E-state index contributed by atoms with van der Waals surface area (Å²) < 4.78 is 7.80. The Bertz CT molecular complexity index is 782. The van der Waals surface area contributed by atoms with Crippen molar-refractivity contribution in [3.63, 3.8) is 0 Å². The molecule has 2 aromatic carbocycles. The van der Waals surface area contributed by atoms with Gasteiger partial charge in [-0.2, -0.15) is 5.26 Å². The van der Waals surface area contributed by atoms with Gasteiger partial charge in [-0.25, -0.2) is 0 Å². The van der Waals surface area contributed by atoms with Crippen molar-refractivity contribution >= 4 is 10.9 Å². The number of ether oxygens (including phenoxy) is 1. The van der Waals surface area contributed by atoms with Crippen molar-refractivity contribution < 1.29 is 4.74 Å². The van der Waals surface area contributed by atoms with E-state index in [0.717, 1.165) is 22.3 Å². The minimum atomic E-state index is 0.387. The number of fused-ring (bicyclic) bond motifs is 1. The number of hydrogen-bond acceptors (Lipinski definition) is 2. The zero-order valence-electron chi connectivity index (χ0n) is 11.2. The van der Waals surface area contributed by atoms with Crippen LogP contribution in [-0.2, 0) is 13.7 Å². The molecule has 0 N–H and O–H groups in total. The molecule has 0 bridgehead atoms. The monoisotopic (exact) mass is 262 g/mol. The SMILES string of the molecule is Cn1c(COc2ccccc2)c(C#N)c2ccccc21. The summed E-state index contributed by atoms with van der Waals surface area (Å²) >= 11 is 0. The second-order valence-corrected chi connectivity index (χ2v) is 4.61. The maximum absolute atomic E-state index is 9.41. The average molecular weight is 262 g/mol. The van der Waals surface area contributed by atoms with E-state index in [4.69, 9.17) is 4.74 Å². The van der Waals surface area contributed by atoms with Gasteiger partial charge < -0.3 is 9.30 Å². The van der Waals surface area contributed by atoms with E-state index in [2.05, 4.69) is 6.07 Å². The van der Waals surface area contributed by atoms with Crippen molar-refractivity contribution in [2.45, 2.75) is 6.61 Å². The number of para-hydroxylation sites is 2. The Kier molecular flexibility index (Phi) is 3.14. The maximum Gasteiger partial charge on any atom is 0.130 e. The number of hydrogen-bond donors (Lipinski definition) is 0. The molecule has 0 saturated heterocycles. The highest BCUT2D eigenvalue weighted by atomic mass is 16.5. The molecule has 1 heterocycles. The van der Waals surface area contributed by atoms with Crippen LogP contribution in [0.3, 0.4) is 0 Å². The normalized spacial score (nSPS) is 10.4. The lowest BCUT2D eigenvalue weighted by atomic mass is 10.1. The summed E-state index contributed by atoms with van der Waals surface area (Å²) in [5, 5.41) is 10.4. The molecular formula is C17H14N2O. The van der Waals surface area contributed by atoms with Crippen LogP contribution in [0.5, 0.6) is 5.75 Å². The number of nitriles is 1. The van der Waals surface area contributed by atoms with E-state index in [1.54, 1.807) is 0 Å². The lowest BCUT2D eigenvalue weighted by Crippen LogP contribution is -2.03. The third-order valence-electron chi connectivity index (χ3n) is 3.46. The highest BCUT2D eigenvalue weighted by Crippen LogP contribution is 2.25. The largest absolute Gasteiger partial charge is 0.487 e. The second-order valence-electron chi connectivity index (χ2n) is 4.61. The Morgan fingerprint density at radius 3 is 2.50 bits per heavy atom. The number of nitrogens with zero attached hydrogens (tertiary/aromatic N) is 2. The Hall–Kier alpha value is -2.73. The lowest BCUT2D eigenvalue weighted by molar-refractivity contribution is 0.297. The maximum atomic E-state index is 9.41. The van der Waals surface area contributed by atoms with Gasteiger partial charge in [-0.15, -0.1) is 0 Å². The van der Waals surface area contributed by atoms with E-state index in [1.807, 2.05) is 66.2 Å². The quantitative estimate of drug-likeness (QED) is 0.723. The number of aromatic nitrogens is 1. The minimum Gasteiger partial charge on any atom is -0.487 e. The van der Waals surface area contributed by atoms with Crippen molar-refractivity contribution in [2.24, 2.45) is 7.05 Å². The molecule has 0 unspecified atom stereocenters. The molecule has 3 rings (SSSR count). The second kappa shape index (κ2) is 5.10. The first-order valence-electron chi connectivity index (χ1n) is 6.45. The zero-order chi connectivity index (χ0) is 13.9. The van der Waals surface area contributed by atoms with Crippen LogP contribution in [0.4, 0.5) is 0 Å². The predicted molar refractivity (Wildman–Crippen MR) is 78.4 cm³/mol. The van der Waals surface area contributed by atoms with Crippen molar-refractivity contribution in [3.05, 3.63) is 65.9 Å². The molecule has 3 nitrogen and oxygen atoms in total. The highest BCUT2D eigenvalue weighted by Gasteiger charge is 2.14. The first-order chi connectivity index (χ1) is 9.81. The summed E-state index contributed by atoms with van der Waals surface area (Å²) in [5.74, 6) is 0.807. The molecule has 0 aliphatic carbocycles. The van der Waals surface area contributed by atoms with Gasteiger partial charge in [-0.05, 0) is 18.2 Å². The summed E-state index contributed by atoms with van der Waals surface area (Å²) in [4.78, 5) is 0. The van der Waals surface area contributed by atoms with Gasteiger partial charge in [0.25, 0.3) is 0 Å².